The lowest BCUT2D eigenvalue weighted by Crippen LogP contribution is -2.34. The first-order valence-electron chi connectivity index (χ1n) is 12.1. The molecule has 2 aliphatic rings. The van der Waals surface area contributed by atoms with Crippen LogP contribution in [0.4, 0.5) is 13.2 Å². The second kappa shape index (κ2) is 9.15. The quantitative estimate of drug-likeness (QED) is 0.374. The third kappa shape index (κ3) is 4.71. The summed E-state index contributed by atoms with van der Waals surface area (Å²) in [5.41, 5.74) is 1.49. The Kier molecular flexibility index (Phi) is 5.95. The minimum absolute atomic E-state index is 0.0594. The Morgan fingerprint density at radius 2 is 1.97 bits per heavy atom. The molecular weight excluding hydrogens is 491 g/mol. The number of H-pyrrole nitrogens is 1. The normalized spacial score (nSPS) is 17.8. The van der Waals surface area contributed by atoms with Crippen LogP contribution in [0, 0.1) is 5.92 Å². The van der Waals surface area contributed by atoms with E-state index < -0.39 is 12.6 Å². The van der Waals surface area contributed by atoms with Crippen molar-refractivity contribution in [2.24, 2.45) is 5.92 Å². The van der Waals surface area contributed by atoms with Gasteiger partial charge in [-0.1, -0.05) is 0 Å². The van der Waals surface area contributed by atoms with E-state index in [1.165, 1.54) is 48.7 Å². The fourth-order valence-electron chi connectivity index (χ4n) is 4.99. The zero-order valence-electron chi connectivity index (χ0n) is 19.8. The molecule has 1 saturated carbocycles. The van der Waals surface area contributed by atoms with Crippen molar-refractivity contribution in [2.75, 3.05) is 26.7 Å². The van der Waals surface area contributed by atoms with Crippen LogP contribution in [0.5, 0.6) is 5.75 Å². The molecule has 2 fully saturated rings. The molecule has 4 aromatic heterocycles. The highest BCUT2D eigenvalue weighted by Gasteiger charge is 2.34. The number of ether oxygens (including phenoxy) is 1. The van der Waals surface area contributed by atoms with Crippen molar-refractivity contribution < 1.29 is 17.9 Å². The van der Waals surface area contributed by atoms with E-state index in [1.807, 2.05) is 6.20 Å². The SMILES string of the molecule is COc1cc(-c2n[nH]c(-c3ncc(C4CCN(CC5CC5)CC4)s3)c2CC(F)(F)F)cn2ncnc12. The predicted octanol–water partition coefficient (Wildman–Crippen LogP) is 4.95. The molecule has 1 N–H and O–H groups in total. The van der Waals surface area contributed by atoms with Gasteiger partial charge in [0.1, 0.15) is 11.3 Å². The standard InChI is InChI=1S/C24H26F3N7OS/c1-35-18-8-16(12-34-22(18)29-13-30-34)20-17(9-24(25,26)27)21(32-31-20)23-28-10-19(36-23)15-4-6-33(7-5-15)11-14-2-3-14/h8,10,12-15H,2-7,9,11H2,1H3,(H,31,32). The third-order valence-corrected chi connectivity index (χ3v) is 8.20. The van der Waals surface area contributed by atoms with Crippen molar-refractivity contribution >= 4 is 17.0 Å². The number of fused-ring (bicyclic) bond motifs is 1. The van der Waals surface area contributed by atoms with Crippen LogP contribution in [0.1, 0.15) is 42.0 Å². The zero-order valence-corrected chi connectivity index (χ0v) is 20.6. The summed E-state index contributed by atoms with van der Waals surface area (Å²) < 4.78 is 47.9. The van der Waals surface area contributed by atoms with Crippen LogP contribution in [0.2, 0.25) is 0 Å². The number of aromatic nitrogens is 6. The number of nitrogens with zero attached hydrogens (tertiary/aromatic N) is 6. The molecular formula is C24H26F3N7OS. The minimum Gasteiger partial charge on any atom is -0.493 e. The van der Waals surface area contributed by atoms with Gasteiger partial charge >= 0.3 is 6.18 Å². The maximum atomic E-state index is 13.7. The van der Waals surface area contributed by atoms with Crippen LogP contribution in [0.25, 0.3) is 27.6 Å². The number of rotatable bonds is 7. The number of hydrogen-bond donors (Lipinski definition) is 1. The maximum absolute atomic E-state index is 13.7. The van der Waals surface area contributed by atoms with E-state index in [-0.39, 0.29) is 11.3 Å². The number of alkyl halides is 3. The van der Waals surface area contributed by atoms with Crippen molar-refractivity contribution in [1.82, 2.24) is 34.7 Å². The second-order valence-corrected chi connectivity index (χ2v) is 10.7. The smallest absolute Gasteiger partial charge is 0.393 e. The van der Waals surface area contributed by atoms with E-state index in [9.17, 15) is 13.2 Å². The molecule has 0 bridgehead atoms. The molecule has 0 atom stereocenters. The van der Waals surface area contributed by atoms with Crippen molar-refractivity contribution in [1.29, 1.82) is 0 Å². The van der Waals surface area contributed by atoms with Gasteiger partial charge in [0.25, 0.3) is 0 Å². The third-order valence-electron chi connectivity index (χ3n) is 7.02. The lowest BCUT2D eigenvalue weighted by Gasteiger charge is -2.31. The average molecular weight is 518 g/mol. The number of aromatic amines is 1. The summed E-state index contributed by atoms with van der Waals surface area (Å²) >= 11 is 1.46. The predicted molar refractivity (Wildman–Crippen MR) is 129 cm³/mol. The Hall–Kier alpha value is -2.99. The topological polar surface area (TPSA) is 84.2 Å². The van der Waals surface area contributed by atoms with Crippen molar-refractivity contribution in [2.45, 2.75) is 44.2 Å². The van der Waals surface area contributed by atoms with E-state index >= 15 is 0 Å². The summed E-state index contributed by atoms with van der Waals surface area (Å²) in [6.45, 7) is 3.33. The fraction of sp³-hybridized carbons (Fsp3) is 0.500. The summed E-state index contributed by atoms with van der Waals surface area (Å²) in [5.74, 6) is 1.67. The molecule has 4 aromatic rings. The van der Waals surface area contributed by atoms with Gasteiger partial charge in [0.2, 0.25) is 0 Å². The Labute approximate surface area is 209 Å². The van der Waals surface area contributed by atoms with Crippen molar-refractivity contribution in [3.63, 3.8) is 0 Å². The van der Waals surface area contributed by atoms with Gasteiger partial charge in [-0.15, -0.1) is 11.3 Å². The van der Waals surface area contributed by atoms with E-state index in [0.717, 1.165) is 36.7 Å². The van der Waals surface area contributed by atoms with Crippen LogP contribution >= 0.6 is 11.3 Å². The molecule has 5 heterocycles. The summed E-state index contributed by atoms with van der Waals surface area (Å²) in [7, 11) is 1.48. The van der Waals surface area contributed by atoms with Gasteiger partial charge in [-0.25, -0.2) is 14.5 Å². The van der Waals surface area contributed by atoms with Gasteiger partial charge < -0.3 is 9.64 Å². The average Bonchev–Trinajstić information content (AvgIpc) is 3.23. The van der Waals surface area contributed by atoms with E-state index in [4.69, 9.17) is 4.74 Å². The molecule has 0 spiro atoms. The molecule has 0 amide bonds. The van der Waals surface area contributed by atoms with Crippen LogP contribution in [-0.4, -0.2) is 67.6 Å². The monoisotopic (exact) mass is 517 g/mol. The lowest BCUT2D eigenvalue weighted by atomic mass is 9.95. The number of piperidine rings is 1. The zero-order chi connectivity index (χ0) is 24.9. The summed E-state index contributed by atoms with van der Waals surface area (Å²) in [4.78, 5) is 12.3. The molecule has 190 valence electrons. The molecule has 8 nitrogen and oxygen atoms in total. The van der Waals surface area contributed by atoms with Crippen LogP contribution < -0.4 is 4.74 Å². The van der Waals surface area contributed by atoms with Crippen molar-refractivity contribution in [3.05, 3.63) is 35.2 Å². The minimum atomic E-state index is -4.41. The fourth-order valence-corrected chi connectivity index (χ4v) is 6.09. The first kappa shape index (κ1) is 23.4. The van der Waals surface area contributed by atoms with Gasteiger partial charge in [-0.2, -0.15) is 23.4 Å². The van der Waals surface area contributed by atoms with E-state index in [2.05, 4.69) is 30.2 Å². The molecule has 12 heteroatoms. The molecule has 1 aliphatic heterocycles. The van der Waals surface area contributed by atoms with Crippen LogP contribution in [0.3, 0.4) is 0 Å². The van der Waals surface area contributed by atoms with Gasteiger partial charge in [-0.05, 0) is 56.7 Å². The summed E-state index contributed by atoms with van der Waals surface area (Å²) in [6.07, 6.45) is 4.06. The number of nitrogens with one attached hydrogen (secondary N) is 1. The van der Waals surface area contributed by atoms with E-state index in [1.54, 1.807) is 12.3 Å². The number of thiazole rings is 1. The summed E-state index contributed by atoms with van der Waals surface area (Å²) in [6, 6.07) is 1.63. The maximum Gasteiger partial charge on any atom is 0.393 e. The first-order valence-corrected chi connectivity index (χ1v) is 12.9. The Balaban J connectivity index is 1.31. The number of hydrogen-bond acceptors (Lipinski definition) is 7. The second-order valence-electron chi connectivity index (χ2n) is 9.63. The molecule has 0 aromatic carbocycles. The largest absolute Gasteiger partial charge is 0.493 e. The van der Waals surface area contributed by atoms with Gasteiger partial charge in [0, 0.05) is 34.9 Å². The highest BCUT2D eigenvalue weighted by Crippen LogP contribution is 2.40. The van der Waals surface area contributed by atoms with Crippen LogP contribution in [0.15, 0.2) is 24.8 Å². The van der Waals surface area contributed by atoms with Gasteiger partial charge in [0.15, 0.2) is 11.4 Å². The molecule has 6 rings (SSSR count). The van der Waals surface area contributed by atoms with Gasteiger partial charge in [-0.3, -0.25) is 5.10 Å². The number of pyridine rings is 1. The first-order chi connectivity index (χ1) is 17.4. The molecule has 0 unspecified atom stereocenters. The highest BCUT2D eigenvalue weighted by molar-refractivity contribution is 7.15. The summed E-state index contributed by atoms with van der Waals surface area (Å²) in [5, 5.41) is 11.8. The number of halogens is 3. The Bertz CT molecular complexity index is 1370. The van der Waals surface area contributed by atoms with Gasteiger partial charge in [0.05, 0.1) is 24.9 Å². The molecule has 36 heavy (non-hydrogen) atoms. The number of methoxy groups -OCH3 is 1. The van der Waals surface area contributed by atoms with E-state index in [0.29, 0.717) is 33.6 Å². The van der Waals surface area contributed by atoms with Crippen molar-refractivity contribution in [3.8, 4) is 27.7 Å². The Morgan fingerprint density at radius 1 is 1.17 bits per heavy atom. The molecule has 0 radical (unpaired) electrons. The lowest BCUT2D eigenvalue weighted by molar-refractivity contribution is -0.127. The highest BCUT2D eigenvalue weighted by atomic mass is 32.1. The Morgan fingerprint density at radius 3 is 2.69 bits per heavy atom. The number of likely N-dealkylation sites (tertiary alicyclic amines) is 1. The van der Waals surface area contributed by atoms with Crippen LogP contribution in [-0.2, 0) is 6.42 Å². The molecule has 1 saturated heterocycles. The molecule has 1 aliphatic carbocycles.